The largest absolute Gasteiger partial charge is 0.383 e. The summed E-state index contributed by atoms with van der Waals surface area (Å²) in [5.41, 5.74) is 5.80. The number of aromatic nitrogens is 1. The van der Waals surface area contributed by atoms with Crippen LogP contribution in [0.4, 0.5) is 11.5 Å². The molecule has 21 heavy (non-hydrogen) atoms. The second-order valence-electron chi connectivity index (χ2n) is 3.94. The van der Waals surface area contributed by atoms with Crippen molar-refractivity contribution in [2.24, 2.45) is 0 Å². The van der Waals surface area contributed by atoms with Gasteiger partial charge in [-0.25, -0.2) is 4.98 Å². The normalized spacial score (nSPS) is 9.67. The SMILES string of the molecule is N#Cc1c(N)nc(Cl)c(C#N)c1-c1cccc([N+](=O)[O-])c1. The standard InChI is InChI=1S/C13H6ClN5O2/c14-12-9(5-15)11(10(6-16)13(17)18-12)7-2-1-3-8(4-7)19(20)21/h1-4H,(H2,17,18). The molecule has 0 saturated heterocycles. The molecule has 0 radical (unpaired) electrons. The highest BCUT2D eigenvalue weighted by molar-refractivity contribution is 6.31. The van der Waals surface area contributed by atoms with Gasteiger partial charge in [0, 0.05) is 17.7 Å². The molecule has 0 aliphatic heterocycles. The van der Waals surface area contributed by atoms with Gasteiger partial charge in [0.1, 0.15) is 28.7 Å². The van der Waals surface area contributed by atoms with E-state index in [9.17, 15) is 20.6 Å². The lowest BCUT2D eigenvalue weighted by Crippen LogP contribution is -2.02. The number of nitrogen functional groups attached to an aromatic ring is 1. The Balaban J connectivity index is 2.86. The number of nitrogens with two attached hydrogens (primary N) is 1. The third-order valence-electron chi connectivity index (χ3n) is 2.75. The number of halogens is 1. The number of hydrogen-bond donors (Lipinski definition) is 1. The molecule has 0 amide bonds. The Morgan fingerprint density at radius 3 is 2.52 bits per heavy atom. The summed E-state index contributed by atoms with van der Waals surface area (Å²) in [6, 6.07) is 9.20. The minimum Gasteiger partial charge on any atom is -0.383 e. The van der Waals surface area contributed by atoms with E-state index in [1.165, 1.54) is 24.3 Å². The van der Waals surface area contributed by atoms with Crippen molar-refractivity contribution in [3.8, 4) is 23.3 Å². The zero-order chi connectivity index (χ0) is 15.6. The molecular weight excluding hydrogens is 294 g/mol. The van der Waals surface area contributed by atoms with Crippen LogP contribution in [0.1, 0.15) is 11.1 Å². The van der Waals surface area contributed by atoms with E-state index < -0.39 is 4.92 Å². The number of nitro benzene ring substituents is 1. The number of pyridine rings is 1. The van der Waals surface area contributed by atoms with Gasteiger partial charge in [0.05, 0.1) is 10.5 Å². The predicted octanol–water partition coefficient (Wildman–Crippen LogP) is 2.64. The van der Waals surface area contributed by atoms with E-state index in [1.807, 2.05) is 12.1 Å². The number of hydrogen-bond acceptors (Lipinski definition) is 6. The lowest BCUT2D eigenvalue weighted by atomic mass is 9.96. The Morgan fingerprint density at radius 2 is 1.95 bits per heavy atom. The summed E-state index contributed by atoms with van der Waals surface area (Å²) in [6.45, 7) is 0. The van der Waals surface area contributed by atoms with Crippen LogP contribution in [0.5, 0.6) is 0 Å². The number of rotatable bonds is 2. The molecule has 0 unspecified atom stereocenters. The molecule has 0 aliphatic rings. The van der Waals surface area contributed by atoms with Gasteiger partial charge in [-0.1, -0.05) is 23.7 Å². The van der Waals surface area contributed by atoms with Gasteiger partial charge < -0.3 is 5.73 Å². The number of nitro groups is 1. The zero-order valence-electron chi connectivity index (χ0n) is 10.4. The van der Waals surface area contributed by atoms with E-state index in [-0.39, 0.29) is 33.3 Å². The molecular formula is C13H6ClN5O2. The average molecular weight is 300 g/mol. The predicted molar refractivity (Wildman–Crippen MR) is 75.2 cm³/mol. The number of benzene rings is 1. The fourth-order valence-electron chi connectivity index (χ4n) is 1.85. The monoisotopic (exact) mass is 299 g/mol. The van der Waals surface area contributed by atoms with Crippen molar-refractivity contribution in [2.45, 2.75) is 0 Å². The highest BCUT2D eigenvalue weighted by atomic mass is 35.5. The molecule has 0 aliphatic carbocycles. The van der Waals surface area contributed by atoms with Crippen LogP contribution in [0.25, 0.3) is 11.1 Å². The summed E-state index contributed by atoms with van der Waals surface area (Å²) in [5.74, 6) is -0.136. The van der Waals surface area contributed by atoms with E-state index in [1.54, 1.807) is 0 Å². The molecule has 2 aromatic rings. The molecule has 1 aromatic heterocycles. The molecule has 0 spiro atoms. The highest BCUT2D eigenvalue weighted by Gasteiger charge is 2.20. The molecule has 0 atom stereocenters. The van der Waals surface area contributed by atoms with Gasteiger partial charge in [0.15, 0.2) is 0 Å². The quantitative estimate of drug-likeness (QED) is 0.515. The van der Waals surface area contributed by atoms with Crippen LogP contribution in [0.3, 0.4) is 0 Å². The minimum absolute atomic E-state index is 0.0450. The number of nitriles is 2. The van der Waals surface area contributed by atoms with Crippen molar-refractivity contribution in [3.63, 3.8) is 0 Å². The first-order chi connectivity index (χ1) is 9.99. The highest BCUT2D eigenvalue weighted by Crippen LogP contribution is 2.34. The third-order valence-corrected chi connectivity index (χ3v) is 3.02. The Morgan fingerprint density at radius 1 is 1.29 bits per heavy atom. The first-order valence-electron chi connectivity index (χ1n) is 5.53. The Labute approximate surface area is 124 Å². The van der Waals surface area contributed by atoms with Gasteiger partial charge in [-0.15, -0.1) is 0 Å². The Hall–Kier alpha value is -3.16. The first-order valence-corrected chi connectivity index (χ1v) is 5.91. The van der Waals surface area contributed by atoms with E-state index in [0.717, 1.165) is 0 Å². The van der Waals surface area contributed by atoms with E-state index >= 15 is 0 Å². The maximum atomic E-state index is 10.8. The maximum absolute atomic E-state index is 10.8. The van der Waals surface area contributed by atoms with Crippen LogP contribution in [0, 0.1) is 32.8 Å². The van der Waals surface area contributed by atoms with E-state index in [0.29, 0.717) is 5.56 Å². The lowest BCUT2D eigenvalue weighted by Gasteiger charge is -2.09. The summed E-state index contributed by atoms with van der Waals surface area (Å²) < 4.78 is 0. The fourth-order valence-corrected chi connectivity index (χ4v) is 2.08. The van der Waals surface area contributed by atoms with Crippen molar-refractivity contribution in [3.05, 3.63) is 50.7 Å². The Kier molecular flexibility index (Phi) is 3.70. The zero-order valence-corrected chi connectivity index (χ0v) is 11.1. The van der Waals surface area contributed by atoms with E-state index in [4.69, 9.17) is 17.3 Å². The molecule has 0 saturated carbocycles. The van der Waals surface area contributed by atoms with Crippen molar-refractivity contribution < 1.29 is 4.92 Å². The molecule has 0 fully saturated rings. The molecule has 102 valence electrons. The summed E-state index contributed by atoms with van der Waals surface area (Å²) in [7, 11) is 0. The van der Waals surface area contributed by atoms with Gasteiger partial charge in [-0.2, -0.15) is 10.5 Å². The summed E-state index contributed by atoms with van der Waals surface area (Å²) >= 11 is 5.86. The second-order valence-corrected chi connectivity index (χ2v) is 4.30. The van der Waals surface area contributed by atoms with Gasteiger partial charge >= 0.3 is 0 Å². The van der Waals surface area contributed by atoms with Gasteiger partial charge in [0.25, 0.3) is 5.69 Å². The smallest absolute Gasteiger partial charge is 0.270 e. The minimum atomic E-state index is -0.576. The van der Waals surface area contributed by atoms with Crippen molar-refractivity contribution in [2.75, 3.05) is 5.73 Å². The van der Waals surface area contributed by atoms with Gasteiger partial charge in [-0.05, 0) is 5.56 Å². The summed E-state index contributed by atoms with van der Waals surface area (Å²) in [6.07, 6.45) is 0. The number of non-ortho nitro benzene ring substituents is 1. The lowest BCUT2D eigenvalue weighted by molar-refractivity contribution is -0.384. The fraction of sp³-hybridized carbons (Fsp3) is 0. The average Bonchev–Trinajstić information content (AvgIpc) is 2.46. The van der Waals surface area contributed by atoms with Crippen LogP contribution in [-0.4, -0.2) is 9.91 Å². The number of anilines is 1. The molecule has 1 aromatic carbocycles. The van der Waals surface area contributed by atoms with Crippen LogP contribution >= 0.6 is 11.6 Å². The van der Waals surface area contributed by atoms with Crippen LogP contribution in [0.15, 0.2) is 24.3 Å². The molecule has 2 rings (SSSR count). The van der Waals surface area contributed by atoms with Crippen LogP contribution in [-0.2, 0) is 0 Å². The topological polar surface area (TPSA) is 130 Å². The van der Waals surface area contributed by atoms with Crippen molar-refractivity contribution in [1.29, 1.82) is 10.5 Å². The van der Waals surface area contributed by atoms with Crippen molar-refractivity contribution in [1.82, 2.24) is 4.98 Å². The van der Waals surface area contributed by atoms with Crippen LogP contribution < -0.4 is 5.73 Å². The summed E-state index contributed by atoms with van der Waals surface area (Å²) in [5, 5.41) is 29.1. The third kappa shape index (κ3) is 2.46. The van der Waals surface area contributed by atoms with Crippen molar-refractivity contribution >= 4 is 23.1 Å². The second kappa shape index (κ2) is 5.45. The molecule has 7 nitrogen and oxygen atoms in total. The first kappa shape index (κ1) is 14.3. The number of nitrogens with zero attached hydrogens (tertiary/aromatic N) is 4. The molecule has 1 heterocycles. The van der Waals surface area contributed by atoms with E-state index in [2.05, 4.69) is 4.98 Å². The van der Waals surface area contributed by atoms with Gasteiger partial charge in [0.2, 0.25) is 0 Å². The molecule has 8 heteroatoms. The Bertz CT molecular complexity index is 797. The van der Waals surface area contributed by atoms with Gasteiger partial charge in [-0.3, -0.25) is 10.1 Å². The maximum Gasteiger partial charge on any atom is 0.270 e. The molecule has 2 N–H and O–H groups in total. The molecule has 0 bridgehead atoms. The summed E-state index contributed by atoms with van der Waals surface area (Å²) in [4.78, 5) is 14.0. The van der Waals surface area contributed by atoms with Crippen LogP contribution in [0.2, 0.25) is 5.15 Å².